The maximum Gasteiger partial charge on any atom is 0.230 e. The Morgan fingerprint density at radius 2 is 2.69 bits per heavy atom. The molecular weight excluding hydrogens is 186 g/mol. The highest BCUT2D eigenvalue weighted by Crippen LogP contribution is 2.24. The summed E-state index contributed by atoms with van der Waals surface area (Å²) in [5.41, 5.74) is 0. The molecule has 1 aliphatic heterocycles. The van der Waals surface area contributed by atoms with Crippen LogP contribution in [0.4, 0.5) is 5.95 Å². The number of rotatable bonds is 2. The highest BCUT2D eigenvalue weighted by Gasteiger charge is 2.23. The van der Waals surface area contributed by atoms with Gasteiger partial charge < -0.3 is 4.98 Å². The van der Waals surface area contributed by atoms with Gasteiger partial charge in [-0.25, -0.2) is 4.98 Å². The number of anilines is 1. The third-order valence-electron chi connectivity index (χ3n) is 2.04. The number of thioether (sulfide) groups is 1. The standard InChI is InChI=1S/C8H11N3OS/c12-7(6-1-4-13-5-6)11-8-9-2-3-10-8/h2-3,6H,1,4-5H2,(H2,9,10,11,12). The summed E-state index contributed by atoms with van der Waals surface area (Å²) in [6, 6.07) is 0. The van der Waals surface area contributed by atoms with Crippen LogP contribution in [0.1, 0.15) is 6.42 Å². The smallest absolute Gasteiger partial charge is 0.230 e. The highest BCUT2D eigenvalue weighted by atomic mass is 32.2. The largest absolute Gasteiger partial charge is 0.331 e. The van der Waals surface area contributed by atoms with Crippen LogP contribution in [-0.4, -0.2) is 27.4 Å². The molecule has 1 fully saturated rings. The second-order valence-corrected chi connectivity index (χ2v) is 4.14. The van der Waals surface area contributed by atoms with E-state index in [0.717, 1.165) is 17.9 Å². The predicted octanol–water partition coefficient (Wildman–Crippen LogP) is 1.10. The summed E-state index contributed by atoms with van der Waals surface area (Å²) in [5.74, 6) is 2.82. The molecule has 2 heterocycles. The second-order valence-electron chi connectivity index (χ2n) is 2.99. The van der Waals surface area contributed by atoms with Crippen LogP contribution in [0.5, 0.6) is 0 Å². The van der Waals surface area contributed by atoms with Crippen molar-refractivity contribution in [3.8, 4) is 0 Å². The number of aromatic nitrogens is 2. The van der Waals surface area contributed by atoms with E-state index < -0.39 is 0 Å². The molecule has 4 nitrogen and oxygen atoms in total. The number of H-pyrrole nitrogens is 1. The molecule has 1 aromatic rings. The SMILES string of the molecule is O=C(Nc1ncc[nH]1)C1CCSC1. The molecule has 70 valence electrons. The van der Waals surface area contributed by atoms with E-state index in [4.69, 9.17) is 0 Å². The van der Waals surface area contributed by atoms with Gasteiger partial charge in [-0.05, 0) is 12.2 Å². The van der Waals surface area contributed by atoms with E-state index in [-0.39, 0.29) is 11.8 Å². The Labute approximate surface area is 80.5 Å². The number of imidazole rings is 1. The van der Waals surface area contributed by atoms with Crippen LogP contribution < -0.4 is 5.32 Å². The lowest BCUT2D eigenvalue weighted by Crippen LogP contribution is -2.22. The molecule has 0 radical (unpaired) electrons. The van der Waals surface area contributed by atoms with E-state index in [1.54, 1.807) is 12.4 Å². The molecule has 1 atom stereocenters. The summed E-state index contributed by atoms with van der Waals surface area (Å²) in [5, 5.41) is 2.74. The van der Waals surface area contributed by atoms with E-state index in [1.807, 2.05) is 11.8 Å². The van der Waals surface area contributed by atoms with Crippen LogP contribution in [0.25, 0.3) is 0 Å². The zero-order chi connectivity index (χ0) is 9.10. The minimum atomic E-state index is 0.0833. The molecule has 0 spiro atoms. The van der Waals surface area contributed by atoms with Crippen molar-refractivity contribution in [3.63, 3.8) is 0 Å². The minimum absolute atomic E-state index is 0.0833. The predicted molar refractivity (Wildman–Crippen MR) is 52.6 cm³/mol. The Hall–Kier alpha value is -0.970. The first-order valence-electron chi connectivity index (χ1n) is 4.24. The number of aromatic amines is 1. The van der Waals surface area contributed by atoms with Crippen molar-refractivity contribution in [1.82, 2.24) is 9.97 Å². The van der Waals surface area contributed by atoms with Crippen molar-refractivity contribution in [2.75, 3.05) is 16.8 Å². The van der Waals surface area contributed by atoms with Crippen LogP contribution in [0, 0.1) is 5.92 Å². The van der Waals surface area contributed by atoms with Crippen LogP contribution in [-0.2, 0) is 4.79 Å². The molecule has 1 aliphatic rings. The molecule has 13 heavy (non-hydrogen) atoms. The van der Waals surface area contributed by atoms with Gasteiger partial charge in [-0.1, -0.05) is 0 Å². The van der Waals surface area contributed by atoms with Crippen LogP contribution in [0.15, 0.2) is 12.4 Å². The molecule has 1 saturated heterocycles. The van der Waals surface area contributed by atoms with Gasteiger partial charge in [0.25, 0.3) is 0 Å². The van der Waals surface area contributed by atoms with E-state index in [2.05, 4.69) is 15.3 Å². The van der Waals surface area contributed by atoms with E-state index in [9.17, 15) is 4.79 Å². The van der Waals surface area contributed by atoms with Gasteiger partial charge in [0.05, 0.1) is 0 Å². The minimum Gasteiger partial charge on any atom is -0.331 e. The fourth-order valence-electron chi connectivity index (χ4n) is 1.29. The average Bonchev–Trinajstić information content (AvgIpc) is 2.74. The third kappa shape index (κ3) is 2.03. The van der Waals surface area contributed by atoms with Gasteiger partial charge in [0.2, 0.25) is 11.9 Å². The lowest BCUT2D eigenvalue weighted by atomic mass is 10.1. The number of hydrogen-bond acceptors (Lipinski definition) is 3. The van der Waals surface area contributed by atoms with Gasteiger partial charge >= 0.3 is 0 Å². The molecule has 0 saturated carbocycles. The Kier molecular flexibility index (Phi) is 2.54. The number of carbonyl (C=O) groups is 1. The molecular formula is C8H11N3OS. The molecule has 1 aromatic heterocycles. The summed E-state index contributed by atoms with van der Waals surface area (Å²) in [6.07, 6.45) is 4.30. The zero-order valence-corrected chi connectivity index (χ0v) is 7.93. The van der Waals surface area contributed by atoms with Crippen LogP contribution in [0.3, 0.4) is 0 Å². The number of hydrogen-bond donors (Lipinski definition) is 2. The highest BCUT2D eigenvalue weighted by molar-refractivity contribution is 7.99. The molecule has 2 N–H and O–H groups in total. The van der Waals surface area contributed by atoms with Gasteiger partial charge in [0, 0.05) is 24.1 Å². The first-order chi connectivity index (χ1) is 6.36. The van der Waals surface area contributed by atoms with Gasteiger partial charge in [-0.3, -0.25) is 10.1 Å². The molecule has 2 rings (SSSR count). The van der Waals surface area contributed by atoms with Crippen LogP contribution in [0.2, 0.25) is 0 Å². The number of nitrogens with one attached hydrogen (secondary N) is 2. The quantitative estimate of drug-likeness (QED) is 0.746. The van der Waals surface area contributed by atoms with Crippen molar-refractivity contribution in [1.29, 1.82) is 0 Å². The topological polar surface area (TPSA) is 57.8 Å². The second kappa shape index (κ2) is 3.83. The Bertz CT molecular complexity index is 280. The van der Waals surface area contributed by atoms with Gasteiger partial charge in [-0.15, -0.1) is 0 Å². The fraction of sp³-hybridized carbons (Fsp3) is 0.500. The fourth-order valence-corrected chi connectivity index (χ4v) is 2.51. The summed E-state index contributed by atoms with van der Waals surface area (Å²) in [4.78, 5) is 18.3. The maximum absolute atomic E-state index is 11.5. The third-order valence-corrected chi connectivity index (χ3v) is 3.20. The Morgan fingerprint density at radius 1 is 1.77 bits per heavy atom. The van der Waals surface area contributed by atoms with E-state index >= 15 is 0 Å². The summed E-state index contributed by atoms with van der Waals surface area (Å²) >= 11 is 1.83. The number of nitrogens with zero attached hydrogens (tertiary/aromatic N) is 1. The van der Waals surface area contributed by atoms with E-state index in [0.29, 0.717) is 5.95 Å². The van der Waals surface area contributed by atoms with Crippen molar-refractivity contribution >= 4 is 23.6 Å². The van der Waals surface area contributed by atoms with Crippen molar-refractivity contribution < 1.29 is 4.79 Å². The van der Waals surface area contributed by atoms with Gasteiger partial charge in [0.15, 0.2) is 0 Å². The van der Waals surface area contributed by atoms with Gasteiger partial charge in [0.1, 0.15) is 0 Å². The monoisotopic (exact) mass is 197 g/mol. The number of amides is 1. The maximum atomic E-state index is 11.5. The molecule has 1 amide bonds. The van der Waals surface area contributed by atoms with Crippen molar-refractivity contribution in [3.05, 3.63) is 12.4 Å². The van der Waals surface area contributed by atoms with Crippen molar-refractivity contribution in [2.24, 2.45) is 5.92 Å². The molecule has 0 aliphatic carbocycles. The summed E-state index contributed by atoms with van der Waals surface area (Å²) in [6.45, 7) is 0. The lowest BCUT2D eigenvalue weighted by Gasteiger charge is -2.06. The first-order valence-corrected chi connectivity index (χ1v) is 5.40. The molecule has 0 bridgehead atoms. The normalized spacial score (nSPS) is 21.7. The van der Waals surface area contributed by atoms with Crippen LogP contribution >= 0.6 is 11.8 Å². The molecule has 1 unspecified atom stereocenters. The summed E-state index contributed by atoms with van der Waals surface area (Å²) in [7, 11) is 0. The summed E-state index contributed by atoms with van der Waals surface area (Å²) < 4.78 is 0. The van der Waals surface area contributed by atoms with Crippen molar-refractivity contribution in [2.45, 2.75) is 6.42 Å². The van der Waals surface area contributed by atoms with Gasteiger partial charge in [-0.2, -0.15) is 11.8 Å². The average molecular weight is 197 g/mol. The Balaban J connectivity index is 1.91. The van der Waals surface area contributed by atoms with E-state index in [1.165, 1.54) is 0 Å². The zero-order valence-electron chi connectivity index (χ0n) is 7.12. The Morgan fingerprint density at radius 3 is 3.31 bits per heavy atom. The molecule has 5 heteroatoms. The first kappa shape index (κ1) is 8.62. The number of carbonyl (C=O) groups excluding carboxylic acids is 1. The molecule has 0 aromatic carbocycles. The lowest BCUT2D eigenvalue weighted by molar-refractivity contribution is -0.119.